The number of hydrogen-bond acceptors (Lipinski definition) is 2. The number of hydrogen-bond donors (Lipinski definition) is 2. The molecule has 108 valence electrons. The Hall–Kier alpha value is -1.55. The molecule has 0 aliphatic carbocycles. The van der Waals surface area contributed by atoms with Crippen molar-refractivity contribution in [1.29, 1.82) is 0 Å². The van der Waals surface area contributed by atoms with Gasteiger partial charge in [-0.05, 0) is 24.1 Å². The van der Waals surface area contributed by atoms with Crippen LogP contribution in [0.1, 0.15) is 50.0 Å². The Morgan fingerprint density at radius 3 is 2.45 bits per heavy atom. The first-order valence-corrected chi connectivity index (χ1v) is 7.45. The standard InChI is InChI=1S/C15H19ClN2O2/c1-2-3-4-5-6-11(16)10-7-8-12-13(9-10)18-15(20)14(19)17-12/h7-9,11H,2-6H2,1H3,(H,17,19)(H,18,20). The molecule has 1 atom stereocenters. The van der Waals surface area contributed by atoms with E-state index in [1.165, 1.54) is 19.3 Å². The number of aromatic amines is 2. The van der Waals surface area contributed by atoms with E-state index in [-0.39, 0.29) is 5.38 Å². The first kappa shape index (κ1) is 14.9. The Labute approximate surface area is 122 Å². The molecule has 2 N–H and O–H groups in total. The lowest BCUT2D eigenvalue weighted by Crippen LogP contribution is -2.28. The van der Waals surface area contributed by atoms with Crippen LogP contribution in [0.15, 0.2) is 27.8 Å². The minimum atomic E-state index is -0.635. The van der Waals surface area contributed by atoms with E-state index in [0.29, 0.717) is 11.0 Å². The number of nitrogens with one attached hydrogen (secondary N) is 2. The molecule has 0 spiro atoms. The lowest BCUT2D eigenvalue weighted by Gasteiger charge is -2.10. The maximum Gasteiger partial charge on any atom is 0.314 e. The fourth-order valence-electron chi connectivity index (χ4n) is 2.24. The zero-order chi connectivity index (χ0) is 14.5. The third-order valence-corrected chi connectivity index (χ3v) is 3.89. The molecule has 0 bridgehead atoms. The summed E-state index contributed by atoms with van der Waals surface area (Å²) in [5.74, 6) is 0. The van der Waals surface area contributed by atoms with Gasteiger partial charge in [0.25, 0.3) is 0 Å². The summed E-state index contributed by atoms with van der Waals surface area (Å²) in [6.07, 6.45) is 5.65. The van der Waals surface area contributed by atoms with Crippen molar-refractivity contribution in [3.8, 4) is 0 Å². The molecule has 0 amide bonds. The Kier molecular flexibility index (Phi) is 5.01. The summed E-state index contributed by atoms with van der Waals surface area (Å²) in [5, 5.41) is -0.0633. The van der Waals surface area contributed by atoms with Crippen LogP contribution in [0.3, 0.4) is 0 Å². The third-order valence-electron chi connectivity index (χ3n) is 3.42. The van der Waals surface area contributed by atoms with Crippen LogP contribution in [0.5, 0.6) is 0 Å². The number of benzene rings is 1. The maximum absolute atomic E-state index is 11.3. The molecule has 20 heavy (non-hydrogen) atoms. The van der Waals surface area contributed by atoms with Gasteiger partial charge in [0.15, 0.2) is 0 Å². The van der Waals surface area contributed by atoms with Crippen LogP contribution in [0.4, 0.5) is 0 Å². The molecule has 4 nitrogen and oxygen atoms in total. The minimum absolute atomic E-state index is 0.0633. The fourth-order valence-corrected chi connectivity index (χ4v) is 2.53. The molecule has 0 saturated heterocycles. The van der Waals surface area contributed by atoms with Crippen LogP contribution in [0.2, 0.25) is 0 Å². The molecular weight excluding hydrogens is 276 g/mol. The van der Waals surface area contributed by atoms with E-state index in [1.807, 2.05) is 12.1 Å². The Morgan fingerprint density at radius 1 is 1.05 bits per heavy atom. The van der Waals surface area contributed by atoms with E-state index in [9.17, 15) is 9.59 Å². The van der Waals surface area contributed by atoms with Gasteiger partial charge >= 0.3 is 11.1 Å². The van der Waals surface area contributed by atoms with Gasteiger partial charge < -0.3 is 9.97 Å². The Balaban J connectivity index is 2.16. The van der Waals surface area contributed by atoms with Gasteiger partial charge in [0.2, 0.25) is 0 Å². The van der Waals surface area contributed by atoms with Gasteiger partial charge in [-0.2, -0.15) is 0 Å². The molecule has 2 rings (SSSR count). The molecule has 1 aromatic heterocycles. The number of fused-ring (bicyclic) bond motifs is 1. The van der Waals surface area contributed by atoms with Crippen LogP contribution in [0.25, 0.3) is 11.0 Å². The summed E-state index contributed by atoms with van der Waals surface area (Å²) in [5.41, 5.74) is 0.939. The minimum Gasteiger partial charge on any atom is -0.316 e. The number of aromatic nitrogens is 2. The van der Waals surface area contributed by atoms with Crippen molar-refractivity contribution in [3.05, 3.63) is 44.5 Å². The molecule has 0 fully saturated rings. The lowest BCUT2D eigenvalue weighted by molar-refractivity contribution is 0.624. The highest BCUT2D eigenvalue weighted by molar-refractivity contribution is 6.20. The lowest BCUT2D eigenvalue weighted by atomic mass is 10.0. The van der Waals surface area contributed by atoms with Crippen molar-refractivity contribution < 1.29 is 0 Å². The molecule has 0 aliphatic rings. The zero-order valence-electron chi connectivity index (χ0n) is 11.5. The van der Waals surface area contributed by atoms with Gasteiger partial charge in [-0.25, -0.2) is 0 Å². The zero-order valence-corrected chi connectivity index (χ0v) is 12.3. The van der Waals surface area contributed by atoms with Crippen molar-refractivity contribution in [1.82, 2.24) is 9.97 Å². The van der Waals surface area contributed by atoms with Crippen LogP contribution in [-0.2, 0) is 0 Å². The van der Waals surface area contributed by atoms with Gasteiger partial charge in [-0.3, -0.25) is 9.59 Å². The second-order valence-corrected chi connectivity index (χ2v) is 5.56. The number of unbranched alkanes of at least 4 members (excludes halogenated alkanes) is 3. The van der Waals surface area contributed by atoms with Gasteiger partial charge in [0, 0.05) is 0 Å². The van der Waals surface area contributed by atoms with E-state index in [0.717, 1.165) is 18.4 Å². The SMILES string of the molecule is CCCCCCC(Cl)c1ccc2[nH]c(=O)c(=O)[nH]c2c1. The quantitative estimate of drug-likeness (QED) is 0.487. The van der Waals surface area contributed by atoms with E-state index in [4.69, 9.17) is 11.6 Å². The fraction of sp³-hybridized carbons (Fsp3) is 0.467. The van der Waals surface area contributed by atoms with E-state index in [2.05, 4.69) is 16.9 Å². The van der Waals surface area contributed by atoms with E-state index >= 15 is 0 Å². The second kappa shape index (κ2) is 6.75. The topological polar surface area (TPSA) is 65.7 Å². The molecule has 0 radical (unpaired) electrons. The molecular formula is C15H19ClN2O2. The maximum atomic E-state index is 11.3. The largest absolute Gasteiger partial charge is 0.316 e. The van der Waals surface area contributed by atoms with Crippen molar-refractivity contribution in [3.63, 3.8) is 0 Å². The molecule has 1 unspecified atom stereocenters. The van der Waals surface area contributed by atoms with E-state index < -0.39 is 11.1 Å². The summed E-state index contributed by atoms with van der Waals surface area (Å²) < 4.78 is 0. The van der Waals surface area contributed by atoms with Gasteiger partial charge in [0.1, 0.15) is 0 Å². The molecule has 5 heteroatoms. The summed E-state index contributed by atoms with van der Waals surface area (Å²) in [7, 11) is 0. The third kappa shape index (κ3) is 3.51. The first-order valence-electron chi connectivity index (χ1n) is 7.02. The van der Waals surface area contributed by atoms with Crippen molar-refractivity contribution >= 4 is 22.6 Å². The molecule has 2 aromatic rings. The van der Waals surface area contributed by atoms with Crippen molar-refractivity contribution in [2.75, 3.05) is 0 Å². The summed E-state index contributed by atoms with van der Waals surface area (Å²) in [4.78, 5) is 27.7. The smallest absolute Gasteiger partial charge is 0.314 e. The number of alkyl halides is 1. The predicted molar refractivity (Wildman–Crippen MR) is 82.5 cm³/mol. The van der Waals surface area contributed by atoms with Crippen LogP contribution >= 0.6 is 11.6 Å². The normalized spacial score (nSPS) is 12.7. The van der Waals surface area contributed by atoms with Gasteiger partial charge in [-0.15, -0.1) is 11.6 Å². The average Bonchev–Trinajstić information content (AvgIpc) is 2.44. The van der Waals surface area contributed by atoms with Crippen LogP contribution in [-0.4, -0.2) is 9.97 Å². The highest BCUT2D eigenvalue weighted by Gasteiger charge is 2.09. The predicted octanol–water partition coefficient (Wildman–Crippen LogP) is 3.47. The van der Waals surface area contributed by atoms with E-state index in [1.54, 1.807) is 6.07 Å². The molecule has 0 aliphatic heterocycles. The number of H-pyrrole nitrogens is 2. The van der Waals surface area contributed by atoms with Gasteiger partial charge in [0.05, 0.1) is 16.4 Å². The molecule has 1 heterocycles. The van der Waals surface area contributed by atoms with Gasteiger partial charge in [-0.1, -0.05) is 38.7 Å². The number of rotatable bonds is 6. The highest BCUT2D eigenvalue weighted by Crippen LogP contribution is 2.28. The summed E-state index contributed by atoms with van der Waals surface area (Å²) in [6, 6.07) is 5.52. The molecule has 1 aromatic carbocycles. The van der Waals surface area contributed by atoms with Crippen molar-refractivity contribution in [2.45, 2.75) is 44.4 Å². The Bertz CT molecular complexity index is 690. The monoisotopic (exact) mass is 294 g/mol. The molecule has 0 saturated carbocycles. The second-order valence-electron chi connectivity index (χ2n) is 5.03. The van der Waals surface area contributed by atoms with Crippen molar-refractivity contribution in [2.24, 2.45) is 0 Å². The van der Waals surface area contributed by atoms with Crippen LogP contribution < -0.4 is 11.1 Å². The van der Waals surface area contributed by atoms with Crippen LogP contribution in [0, 0.1) is 0 Å². The Morgan fingerprint density at radius 2 is 1.75 bits per heavy atom. The summed E-state index contributed by atoms with van der Waals surface area (Å²) >= 11 is 6.39. The summed E-state index contributed by atoms with van der Waals surface area (Å²) in [6.45, 7) is 2.18. The highest BCUT2D eigenvalue weighted by atomic mass is 35.5. The average molecular weight is 295 g/mol. The number of halogens is 1. The first-order chi connectivity index (χ1) is 9.61.